The number of nitrogens with one attached hydrogen (secondary N) is 1. The smallest absolute Gasteiger partial charge is 0.187 e. The number of hydrogen-bond donors (Lipinski definition) is 1. The molecule has 0 unspecified atom stereocenters. The van der Waals surface area contributed by atoms with Crippen molar-refractivity contribution < 1.29 is 9.18 Å². The number of carbonyl (C=O) groups is 1. The minimum atomic E-state index is -0.351. The van der Waals surface area contributed by atoms with Gasteiger partial charge in [0.15, 0.2) is 5.78 Å². The van der Waals surface area contributed by atoms with E-state index in [0.717, 1.165) is 11.3 Å². The third kappa shape index (κ3) is 5.57. The van der Waals surface area contributed by atoms with Crippen molar-refractivity contribution in [3.05, 3.63) is 59.9 Å². The molecule has 4 nitrogen and oxygen atoms in total. The number of ketones is 1. The first-order chi connectivity index (χ1) is 12.0. The molecule has 128 valence electrons. The second-order valence-electron chi connectivity index (χ2n) is 5.54. The summed E-state index contributed by atoms with van der Waals surface area (Å²) in [6.07, 6.45) is 1.99. The molecule has 0 aliphatic heterocycles. The Morgan fingerprint density at radius 2 is 1.88 bits per heavy atom. The van der Waals surface area contributed by atoms with Crippen LogP contribution in [0.2, 0.25) is 0 Å². The molecule has 0 bridgehead atoms. The first-order valence-corrected chi connectivity index (χ1v) is 8.04. The molecule has 0 spiro atoms. The van der Waals surface area contributed by atoms with E-state index in [1.807, 2.05) is 38.1 Å². The molecule has 0 aliphatic rings. The highest BCUT2D eigenvalue weighted by Crippen LogP contribution is 2.14. The maximum atomic E-state index is 12.9. The Hall–Kier alpha value is -2.95. The van der Waals surface area contributed by atoms with Crippen LogP contribution in [0.3, 0.4) is 0 Å². The number of rotatable bonds is 7. The fourth-order valence-electron chi connectivity index (χ4n) is 2.19. The van der Waals surface area contributed by atoms with Crippen LogP contribution in [0.25, 0.3) is 0 Å². The van der Waals surface area contributed by atoms with Crippen LogP contribution < -0.4 is 0 Å². The Kier molecular flexibility index (Phi) is 6.46. The van der Waals surface area contributed by atoms with Gasteiger partial charge in [-0.2, -0.15) is 0 Å². The average molecular weight is 337 g/mol. The van der Waals surface area contributed by atoms with Crippen LogP contribution in [-0.2, 0) is 4.79 Å². The summed E-state index contributed by atoms with van der Waals surface area (Å²) in [6, 6.07) is 13.3. The summed E-state index contributed by atoms with van der Waals surface area (Å²) in [4.78, 5) is 20.7. The van der Waals surface area contributed by atoms with Crippen LogP contribution in [-0.4, -0.2) is 23.4 Å². The van der Waals surface area contributed by atoms with E-state index in [2.05, 4.69) is 9.98 Å². The van der Waals surface area contributed by atoms with E-state index < -0.39 is 0 Å². The second kappa shape index (κ2) is 8.78. The van der Waals surface area contributed by atoms with Crippen LogP contribution in [0.5, 0.6) is 0 Å². The van der Waals surface area contributed by atoms with E-state index in [4.69, 9.17) is 5.41 Å². The number of aliphatic imine (C=N–C) groups is 2. The number of benzene rings is 2. The monoisotopic (exact) mass is 337 g/mol. The number of halogens is 1. The van der Waals surface area contributed by atoms with Crippen LogP contribution in [0.4, 0.5) is 15.8 Å². The van der Waals surface area contributed by atoms with Crippen molar-refractivity contribution >= 4 is 34.8 Å². The molecule has 1 N–H and O–H groups in total. The second-order valence-corrected chi connectivity index (χ2v) is 5.54. The highest BCUT2D eigenvalue weighted by molar-refractivity contribution is 6.67. The van der Waals surface area contributed by atoms with Gasteiger partial charge in [-0.3, -0.25) is 20.2 Å². The van der Waals surface area contributed by atoms with Gasteiger partial charge in [-0.15, -0.1) is 0 Å². The molecular weight excluding hydrogens is 317 g/mol. The summed E-state index contributed by atoms with van der Waals surface area (Å²) in [5, 5.41) is 8.04. The normalized spacial score (nSPS) is 11.7. The summed E-state index contributed by atoms with van der Waals surface area (Å²) in [5.74, 6) is -0.699. The first-order valence-electron chi connectivity index (χ1n) is 8.04. The molecule has 0 saturated carbocycles. The lowest BCUT2D eigenvalue weighted by atomic mass is 10.1. The average Bonchev–Trinajstić information content (AvgIpc) is 2.60. The third-order valence-electron chi connectivity index (χ3n) is 3.51. The lowest BCUT2D eigenvalue weighted by molar-refractivity contribution is -0.111. The Bertz CT molecular complexity index is 823. The van der Waals surface area contributed by atoms with E-state index in [1.54, 1.807) is 0 Å². The Labute approximate surface area is 146 Å². The lowest BCUT2D eigenvalue weighted by Gasteiger charge is -2.04. The van der Waals surface area contributed by atoms with E-state index in [9.17, 15) is 9.18 Å². The predicted molar refractivity (Wildman–Crippen MR) is 100 cm³/mol. The van der Waals surface area contributed by atoms with Crippen LogP contribution >= 0.6 is 0 Å². The topological polar surface area (TPSA) is 65.6 Å². The summed E-state index contributed by atoms with van der Waals surface area (Å²) < 4.78 is 12.9. The zero-order valence-corrected chi connectivity index (χ0v) is 14.3. The molecule has 2 aromatic carbocycles. The maximum Gasteiger partial charge on any atom is 0.187 e. The Balaban J connectivity index is 2.04. The van der Waals surface area contributed by atoms with Gasteiger partial charge in [0.05, 0.1) is 17.1 Å². The van der Waals surface area contributed by atoms with Crippen molar-refractivity contribution in [3.63, 3.8) is 0 Å². The number of carbonyl (C=O) groups excluding carboxylic acids is 1. The van der Waals surface area contributed by atoms with E-state index in [1.165, 1.54) is 30.5 Å². The van der Waals surface area contributed by atoms with Crippen LogP contribution in [0, 0.1) is 18.2 Å². The van der Waals surface area contributed by atoms with Gasteiger partial charge in [0.2, 0.25) is 0 Å². The van der Waals surface area contributed by atoms with Crippen LogP contribution in [0.15, 0.2) is 58.5 Å². The van der Waals surface area contributed by atoms with Gasteiger partial charge in [0, 0.05) is 12.6 Å². The number of Topliss-reactive ketones (excluding diaryl/α,β-unsaturated/α-hetero) is 1. The molecule has 0 aromatic heterocycles. The fraction of sp³-hybridized carbons (Fsp3) is 0.200. The summed E-state index contributed by atoms with van der Waals surface area (Å²) in [6.45, 7) is 3.80. The maximum absolute atomic E-state index is 12.9. The molecule has 5 heteroatoms. The largest absolute Gasteiger partial charge is 0.296 e. The number of hydrogen-bond acceptors (Lipinski definition) is 4. The van der Waals surface area contributed by atoms with E-state index in [0.29, 0.717) is 17.8 Å². The fourth-order valence-corrected chi connectivity index (χ4v) is 2.19. The quantitative estimate of drug-likeness (QED) is 0.710. The Morgan fingerprint density at radius 3 is 2.52 bits per heavy atom. The molecule has 0 atom stereocenters. The zero-order chi connectivity index (χ0) is 18.2. The zero-order valence-electron chi connectivity index (χ0n) is 14.3. The molecule has 0 amide bonds. The molecule has 0 fully saturated rings. The van der Waals surface area contributed by atoms with Crippen LogP contribution in [0.1, 0.15) is 25.3 Å². The molecule has 2 aromatic rings. The van der Waals surface area contributed by atoms with Gasteiger partial charge in [0.1, 0.15) is 11.5 Å². The number of aryl methyl sites for hydroxylation is 1. The highest BCUT2D eigenvalue weighted by atomic mass is 19.1. The molecule has 0 heterocycles. The third-order valence-corrected chi connectivity index (χ3v) is 3.51. The molecule has 0 aliphatic carbocycles. The van der Waals surface area contributed by atoms with Gasteiger partial charge in [-0.1, -0.05) is 19.1 Å². The first kappa shape index (κ1) is 18.4. The van der Waals surface area contributed by atoms with Crippen molar-refractivity contribution in [1.29, 1.82) is 5.41 Å². The molecule has 0 radical (unpaired) electrons. The predicted octanol–water partition coefficient (Wildman–Crippen LogP) is 5.00. The lowest BCUT2D eigenvalue weighted by Crippen LogP contribution is -2.22. The highest BCUT2D eigenvalue weighted by Gasteiger charge is 2.14. The standard InChI is InChI=1S/C20H20FN3O/c1-3-18(24-16-9-7-15(21)8-10-16)20(22)19(25)11-12-23-17-6-4-5-14(2)13-17/h4-10,12-13,22H,3,11H2,1-2H3. The van der Waals surface area contributed by atoms with Gasteiger partial charge >= 0.3 is 0 Å². The van der Waals surface area contributed by atoms with Gasteiger partial charge in [-0.25, -0.2) is 4.39 Å². The Morgan fingerprint density at radius 1 is 1.16 bits per heavy atom. The SMILES string of the molecule is CCC(=Nc1ccc(F)cc1)C(=N)C(=O)CC=Nc1cccc(C)c1. The van der Waals surface area contributed by atoms with Gasteiger partial charge in [0.25, 0.3) is 0 Å². The van der Waals surface area contributed by atoms with Gasteiger partial charge < -0.3 is 0 Å². The summed E-state index contributed by atoms with van der Waals surface area (Å²) >= 11 is 0. The van der Waals surface area contributed by atoms with Crippen molar-refractivity contribution in [2.45, 2.75) is 26.7 Å². The molecule has 0 saturated heterocycles. The summed E-state index contributed by atoms with van der Waals surface area (Å²) in [7, 11) is 0. The van der Waals surface area contributed by atoms with Crippen molar-refractivity contribution in [3.8, 4) is 0 Å². The minimum Gasteiger partial charge on any atom is -0.296 e. The van der Waals surface area contributed by atoms with Crippen molar-refractivity contribution in [1.82, 2.24) is 0 Å². The van der Waals surface area contributed by atoms with Gasteiger partial charge in [-0.05, 0) is 55.3 Å². The van der Waals surface area contributed by atoms with Crippen molar-refractivity contribution in [2.75, 3.05) is 0 Å². The minimum absolute atomic E-state index is 0.0369. The van der Waals surface area contributed by atoms with E-state index in [-0.39, 0.29) is 23.7 Å². The van der Waals surface area contributed by atoms with Crippen molar-refractivity contribution in [2.24, 2.45) is 9.98 Å². The molecular formula is C20H20FN3O. The molecule has 2 rings (SSSR count). The number of nitrogens with zero attached hydrogens (tertiary/aromatic N) is 2. The molecule has 25 heavy (non-hydrogen) atoms. The van der Waals surface area contributed by atoms with E-state index >= 15 is 0 Å². The summed E-state index contributed by atoms with van der Waals surface area (Å²) in [5.41, 5.74) is 2.62.